The Balaban J connectivity index is 1.58. The number of carbonyl (C=O) groups excluding carboxylic acids is 5. The molecule has 7 unspecified atom stereocenters. The summed E-state index contributed by atoms with van der Waals surface area (Å²) in [6, 6.07) is 13.9. The van der Waals surface area contributed by atoms with Crippen LogP contribution in [-0.2, 0) is 41.6 Å². The maximum absolute atomic E-state index is 14.6. The van der Waals surface area contributed by atoms with E-state index in [9.17, 15) is 33.9 Å². The second kappa shape index (κ2) is 19.9. The van der Waals surface area contributed by atoms with Gasteiger partial charge in [-0.15, -0.1) is 0 Å². The molecule has 2 aromatic rings. The first-order valence-corrected chi connectivity index (χ1v) is 20.0. The number of carboxylic acids is 1. The van der Waals surface area contributed by atoms with Gasteiger partial charge in [0.15, 0.2) is 0 Å². The molecule has 13 nitrogen and oxygen atoms in total. The summed E-state index contributed by atoms with van der Waals surface area (Å²) >= 11 is 0. The van der Waals surface area contributed by atoms with Gasteiger partial charge in [-0.1, -0.05) is 94.8 Å². The molecule has 0 bridgehead atoms. The molecule has 56 heavy (non-hydrogen) atoms. The van der Waals surface area contributed by atoms with E-state index in [1.807, 2.05) is 107 Å². The van der Waals surface area contributed by atoms with Crippen molar-refractivity contribution in [3.05, 3.63) is 71.8 Å². The summed E-state index contributed by atoms with van der Waals surface area (Å²) in [7, 11) is 6.79. The number of amides is 5. The van der Waals surface area contributed by atoms with E-state index in [0.29, 0.717) is 51.6 Å². The van der Waals surface area contributed by atoms with Crippen molar-refractivity contribution in [2.45, 2.75) is 109 Å². The molecule has 2 fully saturated rings. The lowest BCUT2D eigenvalue weighted by Gasteiger charge is -2.40. The smallest absolute Gasteiger partial charge is 0.326 e. The highest BCUT2D eigenvalue weighted by Crippen LogP contribution is 2.28. The zero-order valence-corrected chi connectivity index (χ0v) is 34.4. The summed E-state index contributed by atoms with van der Waals surface area (Å²) in [5.41, 5.74) is 1.83. The molecule has 2 aliphatic heterocycles. The van der Waals surface area contributed by atoms with Crippen LogP contribution in [0.25, 0.3) is 0 Å². The number of nitrogens with zero attached hydrogens (tertiary/aromatic N) is 5. The number of likely N-dealkylation sites (tertiary alicyclic amines) is 2. The van der Waals surface area contributed by atoms with Gasteiger partial charge >= 0.3 is 5.97 Å². The molecular formula is C43H62N6O7. The van der Waals surface area contributed by atoms with Crippen LogP contribution in [0.3, 0.4) is 0 Å². The second-order valence-corrected chi connectivity index (χ2v) is 16.1. The van der Waals surface area contributed by atoms with Crippen molar-refractivity contribution in [3.8, 4) is 0 Å². The van der Waals surface area contributed by atoms with Crippen LogP contribution in [0.1, 0.15) is 70.9 Å². The van der Waals surface area contributed by atoms with Crippen molar-refractivity contribution in [3.63, 3.8) is 0 Å². The third-order valence-electron chi connectivity index (χ3n) is 11.6. The predicted octanol–water partition coefficient (Wildman–Crippen LogP) is 3.31. The topological polar surface area (TPSA) is 151 Å². The Kier molecular flexibility index (Phi) is 15.6. The molecule has 0 aliphatic carbocycles. The number of likely N-dealkylation sites (N-methyl/N-ethyl adjacent to an activating group) is 3. The highest BCUT2D eigenvalue weighted by molar-refractivity contribution is 5.97. The Labute approximate surface area is 332 Å². The molecule has 13 heteroatoms. The first-order chi connectivity index (χ1) is 26.6. The molecule has 0 saturated carbocycles. The van der Waals surface area contributed by atoms with Crippen molar-refractivity contribution >= 4 is 35.5 Å². The van der Waals surface area contributed by atoms with Crippen LogP contribution in [-0.4, -0.2) is 143 Å². The molecule has 0 spiro atoms. The van der Waals surface area contributed by atoms with Crippen LogP contribution in [0.15, 0.2) is 60.7 Å². The normalized spacial score (nSPS) is 19.6. The van der Waals surface area contributed by atoms with Crippen molar-refractivity contribution in [2.75, 3.05) is 41.3 Å². The number of carbonyl (C=O) groups is 6. The molecule has 2 aromatic carbocycles. The predicted molar refractivity (Wildman–Crippen MR) is 214 cm³/mol. The first kappa shape index (κ1) is 43.9. The largest absolute Gasteiger partial charge is 0.480 e. The van der Waals surface area contributed by atoms with Crippen LogP contribution < -0.4 is 5.32 Å². The third kappa shape index (κ3) is 10.3. The molecular weight excluding hydrogens is 713 g/mol. The van der Waals surface area contributed by atoms with E-state index in [0.717, 1.165) is 11.1 Å². The molecule has 7 atom stereocenters. The molecule has 0 radical (unpaired) electrons. The Bertz CT molecular complexity index is 1670. The molecule has 2 N–H and O–H groups in total. The number of benzene rings is 2. The van der Waals surface area contributed by atoms with Gasteiger partial charge < -0.3 is 30.0 Å². The number of aliphatic carboxylic acids is 1. The lowest BCUT2D eigenvalue weighted by molar-refractivity contribution is -0.157. The van der Waals surface area contributed by atoms with Gasteiger partial charge in [0.05, 0.1) is 6.04 Å². The van der Waals surface area contributed by atoms with Gasteiger partial charge in [-0.05, 0) is 69.2 Å². The van der Waals surface area contributed by atoms with Crippen LogP contribution in [0, 0.1) is 11.8 Å². The Hall–Kier alpha value is -4.78. The fraction of sp³-hybridized carbons (Fsp3) is 0.581. The summed E-state index contributed by atoms with van der Waals surface area (Å²) in [6.45, 7) is 8.11. The second-order valence-electron chi connectivity index (χ2n) is 16.1. The van der Waals surface area contributed by atoms with Crippen molar-refractivity contribution in [2.24, 2.45) is 11.8 Å². The van der Waals surface area contributed by atoms with E-state index in [2.05, 4.69) is 5.32 Å². The van der Waals surface area contributed by atoms with Gasteiger partial charge in [0.25, 0.3) is 0 Å². The fourth-order valence-corrected chi connectivity index (χ4v) is 8.25. The van der Waals surface area contributed by atoms with Crippen LogP contribution in [0.2, 0.25) is 0 Å². The third-order valence-corrected chi connectivity index (χ3v) is 11.6. The maximum Gasteiger partial charge on any atom is 0.326 e. The number of rotatable bonds is 17. The average molecular weight is 775 g/mol. The van der Waals surface area contributed by atoms with Crippen LogP contribution in [0.4, 0.5) is 0 Å². The number of carboxylic acid groups (broad SMARTS) is 1. The van der Waals surface area contributed by atoms with Crippen LogP contribution >= 0.6 is 0 Å². The maximum atomic E-state index is 14.6. The molecule has 306 valence electrons. The van der Waals surface area contributed by atoms with E-state index >= 15 is 0 Å². The first-order valence-electron chi connectivity index (χ1n) is 20.0. The SMILES string of the molecule is CCC(C)C(C(=O)N1CCCC1C(=O)O)N(C)C(=O)C1CCCN1C(=O)C(C(C)C)N(C)C(=O)C(Cc1ccccc1)NC(=O)C(Cc1ccccc1)N(C)C. The summed E-state index contributed by atoms with van der Waals surface area (Å²) < 4.78 is 0. The van der Waals surface area contributed by atoms with Gasteiger partial charge in [-0.3, -0.25) is 28.9 Å². The Morgan fingerprint density at radius 1 is 0.732 bits per heavy atom. The van der Waals surface area contributed by atoms with Gasteiger partial charge in [-0.2, -0.15) is 0 Å². The number of hydrogen-bond acceptors (Lipinski definition) is 7. The highest BCUT2D eigenvalue weighted by atomic mass is 16.4. The van der Waals surface area contributed by atoms with E-state index in [1.54, 1.807) is 14.1 Å². The summed E-state index contributed by atoms with van der Waals surface area (Å²) in [4.78, 5) is 91.0. The monoisotopic (exact) mass is 774 g/mol. The summed E-state index contributed by atoms with van der Waals surface area (Å²) in [5, 5.41) is 12.8. The minimum Gasteiger partial charge on any atom is -0.480 e. The minimum atomic E-state index is -1.06. The lowest BCUT2D eigenvalue weighted by atomic mass is 9.95. The number of hydrogen-bond donors (Lipinski definition) is 2. The van der Waals surface area contributed by atoms with Crippen LogP contribution in [0.5, 0.6) is 0 Å². The molecule has 5 amide bonds. The molecule has 0 aromatic heterocycles. The van der Waals surface area contributed by atoms with Gasteiger partial charge in [0.2, 0.25) is 29.5 Å². The summed E-state index contributed by atoms with van der Waals surface area (Å²) in [6.07, 6.45) is 3.11. The van der Waals surface area contributed by atoms with Gasteiger partial charge in [0, 0.05) is 33.6 Å². The zero-order valence-electron chi connectivity index (χ0n) is 34.4. The van der Waals surface area contributed by atoms with E-state index < -0.39 is 54.0 Å². The van der Waals surface area contributed by atoms with Gasteiger partial charge in [-0.25, -0.2) is 4.79 Å². The standard InChI is InChI=1S/C43H62N6O7/c1-9-29(4)37(42(54)49-25-17-23-34(49)43(55)56)47(8)40(52)33-22-16-24-48(33)41(53)36(28(2)3)46(7)39(51)32(26-30-18-12-10-13-19-30)44-38(50)35(45(5)6)27-31-20-14-11-15-21-31/h10-15,18-21,28-29,32-37H,9,16-17,22-27H2,1-8H3,(H,44,50)(H,55,56). The number of nitrogens with one attached hydrogen (secondary N) is 1. The van der Waals surface area contributed by atoms with E-state index in [1.165, 1.54) is 19.6 Å². The highest BCUT2D eigenvalue weighted by Gasteiger charge is 2.46. The molecule has 2 heterocycles. The van der Waals surface area contributed by atoms with Gasteiger partial charge in [0.1, 0.15) is 30.2 Å². The minimum absolute atomic E-state index is 0.209. The van der Waals surface area contributed by atoms with Crippen molar-refractivity contribution in [1.29, 1.82) is 0 Å². The van der Waals surface area contributed by atoms with E-state index in [4.69, 9.17) is 0 Å². The van der Waals surface area contributed by atoms with E-state index in [-0.39, 0.29) is 36.0 Å². The Morgan fingerprint density at radius 2 is 1.23 bits per heavy atom. The van der Waals surface area contributed by atoms with Crippen molar-refractivity contribution < 1.29 is 33.9 Å². The average Bonchev–Trinajstić information content (AvgIpc) is 3.88. The summed E-state index contributed by atoms with van der Waals surface area (Å²) in [5.74, 6) is -3.56. The molecule has 2 saturated heterocycles. The molecule has 2 aliphatic rings. The lowest BCUT2D eigenvalue weighted by Crippen LogP contribution is -2.61. The fourth-order valence-electron chi connectivity index (χ4n) is 8.25. The quantitative estimate of drug-likeness (QED) is 0.249. The van der Waals surface area contributed by atoms with Crippen molar-refractivity contribution in [1.82, 2.24) is 29.8 Å². The Morgan fingerprint density at radius 3 is 1.73 bits per heavy atom. The zero-order chi connectivity index (χ0) is 41.3. The molecule has 4 rings (SSSR count).